The van der Waals surface area contributed by atoms with E-state index in [1.165, 1.54) is 0 Å². The highest BCUT2D eigenvalue weighted by Gasteiger charge is 2.10. The van der Waals surface area contributed by atoms with E-state index in [0.29, 0.717) is 22.9 Å². The van der Waals surface area contributed by atoms with Gasteiger partial charge in [0.15, 0.2) is 0 Å². The molecular weight excluding hydrogens is 276 g/mol. The van der Waals surface area contributed by atoms with Gasteiger partial charge in [0.2, 0.25) is 0 Å². The quantitative estimate of drug-likeness (QED) is 0.804. The number of carbonyl (C=O) groups is 1. The summed E-state index contributed by atoms with van der Waals surface area (Å²) in [6.45, 7) is 0.440. The second-order valence-electron chi connectivity index (χ2n) is 4.28. The number of nitrogens with zero attached hydrogens (tertiary/aromatic N) is 3. The number of hydrogen-bond donors (Lipinski definition) is 1. The summed E-state index contributed by atoms with van der Waals surface area (Å²) in [5, 5.41) is 3.41. The third-order valence-corrected chi connectivity index (χ3v) is 3.07. The molecule has 0 atom stereocenters. The molecule has 5 nitrogen and oxygen atoms in total. The van der Waals surface area contributed by atoms with Gasteiger partial charge in [-0.1, -0.05) is 11.6 Å². The van der Waals surface area contributed by atoms with Crippen LogP contribution in [-0.4, -0.2) is 20.3 Å². The lowest BCUT2D eigenvalue weighted by Crippen LogP contribution is -2.23. The Morgan fingerprint density at radius 1 is 1.20 bits per heavy atom. The van der Waals surface area contributed by atoms with Gasteiger partial charge in [-0.2, -0.15) is 0 Å². The zero-order chi connectivity index (χ0) is 13.9. The van der Waals surface area contributed by atoms with E-state index in [2.05, 4.69) is 15.3 Å². The molecule has 0 aliphatic heterocycles. The highest BCUT2D eigenvalue weighted by molar-refractivity contribution is 6.30. The standard InChI is InChI=1S/C14H11ClN4O/c15-11-1-2-13-18-12(9-19(13)8-11)14(20)17-7-10-3-5-16-6-4-10/h1-6,8-9H,7H2,(H,17,20). The maximum atomic E-state index is 12.0. The van der Waals surface area contributed by atoms with E-state index >= 15 is 0 Å². The number of fused-ring (bicyclic) bond motifs is 1. The predicted molar refractivity (Wildman–Crippen MR) is 75.6 cm³/mol. The van der Waals surface area contributed by atoms with E-state index < -0.39 is 0 Å². The highest BCUT2D eigenvalue weighted by Crippen LogP contribution is 2.11. The summed E-state index contributed by atoms with van der Waals surface area (Å²) >= 11 is 5.89. The van der Waals surface area contributed by atoms with Crippen molar-refractivity contribution in [3.8, 4) is 0 Å². The predicted octanol–water partition coefficient (Wildman–Crippen LogP) is 2.31. The number of hydrogen-bond acceptors (Lipinski definition) is 3. The molecule has 100 valence electrons. The first kappa shape index (κ1) is 12.6. The van der Waals surface area contributed by atoms with Crippen molar-refractivity contribution in [3.63, 3.8) is 0 Å². The summed E-state index contributed by atoms with van der Waals surface area (Å²) in [6, 6.07) is 7.21. The minimum Gasteiger partial charge on any atom is -0.347 e. The second kappa shape index (κ2) is 5.30. The van der Waals surface area contributed by atoms with Gasteiger partial charge in [-0.15, -0.1) is 0 Å². The molecule has 0 spiro atoms. The fourth-order valence-electron chi connectivity index (χ4n) is 1.85. The summed E-state index contributed by atoms with van der Waals surface area (Å²) in [4.78, 5) is 20.2. The number of amides is 1. The Hall–Kier alpha value is -2.40. The monoisotopic (exact) mass is 286 g/mol. The third-order valence-electron chi connectivity index (χ3n) is 2.85. The lowest BCUT2D eigenvalue weighted by molar-refractivity contribution is 0.0946. The van der Waals surface area contributed by atoms with Gasteiger partial charge in [-0.3, -0.25) is 9.78 Å². The topological polar surface area (TPSA) is 59.3 Å². The number of nitrogens with one attached hydrogen (secondary N) is 1. The number of aromatic nitrogens is 3. The Balaban J connectivity index is 1.75. The van der Waals surface area contributed by atoms with Crippen LogP contribution < -0.4 is 5.32 Å². The largest absolute Gasteiger partial charge is 0.347 e. The van der Waals surface area contributed by atoms with Crippen LogP contribution in [-0.2, 0) is 6.54 Å². The van der Waals surface area contributed by atoms with Gasteiger partial charge in [0, 0.05) is 31.3 Å². The molecule has 0 aliphatic carbocycles. The number of imidazole rings is 1. The lowest BCUT2D eigenvalue weighted by atomic mass is 10.2. The molecule has 0 fully saturated rings. The molecule has 0 radical (unpaired) electrons. The first-order chi connectivity index (χ1) is 9.72. The van der Waals surface area contributed by atoms with Crippen molar-refractivity contribution in [1.29, 1.82) is 0 Å². The maximum Gasteiger partial charge on any atom is 0.271 e. The number of halogens is 1. The van der Waals surface area contributed by atoms with E-state index in [9.17, 15) is 4.79 Å². The Bertz CT molecular complexity index is 754. The van der Waals surface area contributed by atoms with Crippen molar-refractivity contribution >= 4 is 23.2 Å². The fourth-order valence-corrected chi connectivity index (χ4v) is 2.02. The molecule has 3 rings (SSSR count). The van der Waals surface area contributed by atoms with Gasteiger partial charge in [-0.25, -0.2) is 4.98 Å². The molecule has 3 heterocycles. The summed E-state index contributed by atoms with van der Waals surface area (Å²) < 4.78 is 1.73. The fraction of sp³-hybridized carbons (Fsp3) is 0.0714. The van der Waals surface area contributed by atoms with E-state index in [1.54, 1.807) is 41.3 Å². The second-order valence-corrected chi connectivity index (χ2v) is 4.71. The van der Waals surface area contributed by atoms with Crippen molar-refractivity contribution in [3.05, 3.63) is 65.3 Å². The van der Waals surface area contributed by atoms with Crippen molar-refractivity contribution in [1.82, 2.24) is 19.7 Å². The van der Waals surface area contributed by atoms with Crippen LogP contribution in [0.4, 0.5) is 0 Å². The molecule has 0 saturated heterocycles. The molecule has 0 aliphatic rings. The van der Waals surface area contributed by atoms with Crippen LogP contribution in [0.25, 0.3) is 5.65 Å². The average molecular weight is 287 g/mol. The molecule has 1 N–H and O–H groups in total. The van der Waals surface area contributed by atoms with Gasteiger partial charge >= 0.3 is 0 Å². The first-order valence-electron chi connectivity index (χ1n) is 6.04. The minimum atomic E-state index is -0.221. The van der Waals surface area contributed by atoms with Gasteiger partial charge in [-0.05, 0) is 29.8 Å². The van der Waals surface area contributed by atoms with Crippen LogP contribution in [0.1, 0.15) is 16.1 Å². The average Bonchev–Trinajstić information content (AvgIpc) is 2.89. The SMILES string of the molecule is O=C(NCc1ccncc1)c1cn2cc(Cl)ccc2n1. The van der Waals surface area contributed by atoms with Gasteiger partial charge in [0.05, 0.1) is 5.02 Å². The van der Waals surface area contributed by atoms with E-state index in [4.69, 9.17) is 11.6 Å². The maximum absolute atomic E-state index is 12.0. The van der Waals surface area contributed by atoms with Crippen molar-refractivity contribution in [2.24, 2.45) is 0 Å². The summed E-state index contributed by atoms with van der Waals surface area (Å²) in [6.07, 6.45) is 6.75. The van der Waals surface area contributed by atoms with E-state index in [-0.39, 0.29) is 5.91 Å². The van der Waals surface area contributed by atoms with Crippen LogP contribution >= 0.6 is 11.6 Å². The Morgan fingerprint density at radius 3 is 2.80 bits per heavy atom. The van der Waals surface area contributed by atoms with Gasteiger partial charge in [0.1, 0.15) is 11.3 Å². The molecule has 3 aromatic rings. The zero-order valence-electron chi connectivity index (χ0n) is 10.5. The Labute approximate surface area is 120 Å². The smallest absolute Gasteiger partial charge is 0.271 e. The summed E-state index contributed by atoms with van der Waals surface area (Å²) in [5.74, 6) is -0.221. The first-order valence-corrected chi connectivity index (χ1v) is 6.41. The van der Waals surface area contributed by atoms with Gasteiger partial charge in [0.25, 0.3) is 5.91 Å². The zero-order valence-corrected chi connectivity index (χ0v) is 11.2. The molecule has 3 aromatic heterocycles. The summed E-state index contributed by atoms with van der Waals surface area (Å²) in [7, 11) is 0. The number of rotatable bonds is 3. The molecule has 1 amide bonds. The molecule has 0 saturated carbocycles. The van der Waals surface area contributed by atoms with Crippen molar-refractivity contribution in [2.45, 2.75) is 6.54 Å². The van der Waals surface area contributed by atoms with Crippen molar-refractivity contribution in [2.75, 3.05) is 0 Å². The molecule has 6 heteroatoms. The van der Waals surface area contributed by atoms with Gasteiger partial charge < -0.3 is 9.72 Å². The normalized spacial score (nSPS) is 10.7. The van der Waals surface area contributed by atoms with E-state index in [1.807, 2.05) is 12.1 Å². The Kier molecular flexibility index (Phi) is 3.35. The third kappa shape index (κ3) is 2.62. The highest BCUT2D eigenvalue weighted by atomic mass is 35.5. The van der Waals surface area contributed by atoms with Crippen LogP contribution in [0.2, 0.25) is 5.02 Å². The number of pyridine rings is 2. The van der Waals surface area contributed by atoms with E-state index in [0.717, 1.165) is 5.56 Å². The van der Waals surface area contributed by atoms with Crippen LogP contribution in [0.15, 0.2) is 49.1 Å². The Morgan fingerprint density at radius 2 is 2.00 bits per heavy atom. The molecule has 20 heavy (non-hydrogen) atoms. The lowest BCUT2D eigenvalue weighted by Gasteiger charge is -2.02. The summed E-state index contributed by atoms with van der Waals surface area (Å²) in [5.41, 5.74) is 2.03. The molecule has 0 bridgehead atoms. The molecule has 0 aromatic carbocycles. The number of carbonyl (C=O) groups excluding carboxylic acids is 1. The van der Waals surface area contributed by atoms with Crippen LogP contribution in [0.3, 0.4) is 0 Å². The molecular formula is C14H11ClN4O. The van der Waals surface area contributed by atoms with Crippen molar-refractivity contribution < 1.29 is 4.79 Å². The minimum absolute atomic E-state index is 0.221. The molecule has 0 unspecified atom stereocenters. The van der Waals surface area contributed by atoms with Crippen LogP contribution in [0.5, 0.6) is 0 Å². The van der Waals surface area contributed by atoms with Crippen LogP contribution in [0, 0.1) is 0 Å².